The molecular formula is C13H20N2O3S. The highest BCUT2D eigenvalue weighted by Crippen LogP contribution is 2.18. The highest BCUT2D eigenvalue weighted by molar-refractivity contribution is 7.89. The molecule has 0 aromatic heterocycles. The molecule has 1 aromatic rings. The maximum absolute atomic E-state index is 11.8. The van der Waals surface area contributed by atoms with Crippen molar-refractivity contribution in [2.24, 2.45) is 0 Å². The van der Waals surface area contributed by atoms with Gasteiger partial charge in [0.2, 0.25) is 10.0 Å². The number of ether oxygens (including phenoxy) is 1. The molecule has 0 amide bonds. The van der Waals surface area contributed by atoms with Gasteiger partial charge in [0.1, 0.15) is 5.75 Å². The van der Waals surface area contributed by atoms with Crippen LogP contribution in [0, 0.1) is 0 Å². The van der Waals surface area contributed by atoms with Gasteiger partial charge in [-0.3, -0.25) is 0 Å². The van der Waals surface area contributed by atoms with Crippen LogP contribution >= 0.6 is 0 Å². The summed E-state index contributed by atoms with van der Waals surface area (Å²) in [5.74, 6) is 0.889. The monoisotopic (exact) mass is 284 g/mol. The Morgan fingerprint density at radius 1 is 1.26 bits per heavy atom. The van der Waals surface area contributed by atoms with E-state index >= 15 is 0 Å². The summed E-state index contributed by atoms with van der Waals surface area (Å²) < 4.78 is 31.2. The molecule has 2 N–H and O–H groups in total. The fourth-order valence-electron chi connectivity index (χ4n) is 1.69. The topological polar surface area (TPSA) is 67.4 Å². The van der Waals surface area contributed by atoms with Gasteiger partial charge >= 0.3 is 0 Å². The Morgan fingerprint density at radius 2 is 1.95 bits per heavy atom. The normalized spacial score (nSPS) is 15.4. The van der Waals surface area contributed by atoms with Crippen molar-refractivity contribution in [3.8, 4) is 5.75 Å². The molecule has 0 saturated heterocycles. The van der Waals surface area contributed by atoms with Crippen LogP contribution in [0.25, 0.3) is 0 Å². The van der Waals surface area contributed by atoms with Crippen LogP contribution in [0.4, 0.5) is 0 Å². The summed E-state index contributed by atoms with van der Waals surface area (Å²) >= 11 is 0. The molecule has 1 aliphatic carbocycles. The number of benzene rings is 1. The third-order valence-electron chi connectivity index (χ3n) is 3.04. The van der Waals surface area contributed by atoms with Crippen LogP contribution < -0.4 is 14.8 Å². The van der Waals surface area contributed by atoms with E-state index in [1.54, 1.807) is 7.11 Å². The first-order valence-corrected chi connectivity index (χ1v) is 8.08. The predicted molar refractivity (Wildman–Crippen MR) is 74.6 cm³/mol. The van der Waals surface area contributed by atoms with Crippen molar-refractivity contribution in [3.63, 3.8) is 0 Å². The van der Waals surface area contributed by atoms with Gasteiger partial charge < -0.3 is 10.1 Å². The van der Waals surface area contributed by atoms with E-state index in [0.29, 0.717) is 19.1 Å². The van der Waals surface area contributed by atoms with Gasteiger partial charge in [0, 0.05) is 19.1 Å². The largest absolute Gasteiger partial charge is 0.497 e. The number of hydrogen-bond donors (Lipinski definition) is 2. The minimum atomic E-state index is -3.21. The van der Waals surface area contributed by atoms with Crippen LogP contribution in [0.3, 0.4) is 0 Å². The van der Waals surface area contributed by atoms with Crippen LogP contribution in [-0.4, -0.2) is 33.9 Å². The Kier molecular flexibility index (Phi) is 4.79. The zero-order valence-corrected chi connectivity index (χ0v) is 11.9. The zero-order chi connectivity index (χ0) is 13.7. The molecule has 1 aliphatic rings. The molecule has 1 fully saturated rings. The minimum Gasteiger partial charge on any atom is -0.497 e. The van der Waals surface area contributed by atoms with E-state index in [-0.39, 0.29) is 5.75 Å². The van der Waals surface area contributed by atoms with Crippen molar-refractivity contribution in [2.45, 2.75) is 25.4 Å². The maximum atomic E-state index is 11.8. The molecule has 0 radical (unpaired) electrons. The van der Waals surface area contributed by atoms with Crippen LogP contribution in [-0.2, 0) is 16.6 Å². The molecule has 0 heterocycles. The third kappa shape index (κ3) is 5.18. The first kappa shape index (κ1) is 14.3. The fraction of sp³-hybridized carbons (Fsp3) is 0.538. The van der Waals surface area contributed by atoms with Gasteiger partial charge in [0.15, 0.2) is 0 Å². The maximum Gasteiger partial charge on any atom is 0.213 e. The van der Waals surface area contributed by atoms with E-state index in [0.717, 1.165) is 11.3 Å². The van der Waals surface area contributed by atoms with Gasteiger partial charge in [-0.1, -0.05) is 12.1 Å². The Balaban J connectivity index is 1.75. The van der Waals surface area contributed by atoms with Crippen LogP contribution in [0.5, 0.6) is 5.75 Å². The lowest BCUT2D eigenvalue weighted by atomic mass is 10.2. The second-order valence-electron chi connectivity index (χ2n) is 4.72. The molecule has 106 valence electrons. The molecule has 2 rings (SSSR count). The summed E-state index contributed by atoms with van der Waals surface area (Å²) in [5, 5.41) is 3.19. The van der Waals surface area contributed by atoms with Crippen molar-refractivity contribution in [3.05, 3.63) is 29.8 Å². The second-order valence-corrected chi connectivity index (χ2v) is 6.64. The molecule has 0 unspecified atom stereocenters. The lowest BCUT2D eigenvalue weighted by molar-refractivity contribution is 0.414. The van der Waals surface area contributed by atoms with Crippen LogP contribution in [0.15, 0.2) is 24.3 Å². The number of hydrogen-bond acceptors (Lipinski definition) is 4. The molecule has 5 nitrogen and oxygen atoms in total. The number of rotatable bonds is 8. The first-order valence-electron chi connectivity index (χ1n) is 6.43. The number of methoxy groups -OCH3 is 1. The molecule has 19 heavy (non-hydrogen) atoms. The van der Waals surface area contributed by atoms with Crippen molar-refractivity contribution >= 4 is 10.0 Å². The third-order valence-corrected chi connectivity index (χ3v) is 4.36. The SMILES string of the molecule is COc1ccc(CNS(=O)(=O)CCNC2CC2)cc1. The zero-order valence-electron chi connectivity index (χ0n) is 11.1. The van der Waals surface area contributed by atoms with E-state index < -0.39 is 10.0 Å². The van der Waals surface area contributed by atoms with Crippen LogP contribution in [0.2, 0.25) is 0 Å². The predicted octanol–water partition coefficient (Wildman–Crippen LogP) is 0.867. The summed E-state index contributed by atoms with van der Waals surface area (Å²) in [5.41, 5.74) is 0.916. The van der Waals surface area contributed by atoms with Crippen LogP contribution in [0.1, 0.15) is 18.4 Å². The highest BCUT2D eigenvalue weighted by Gasteiger charge is 2.21. The molecule has 0 atom stereocenters. The van der Waals surface area contributed by atoms with Gasteiger partial charge in [0.25, 0.3) is 0 Å². The van der Waals surface area contributed by atoms with Crippen molar-refractivity contribution in [2.75, 3.05) is 19.4 Å². The van der Waals surface area contributed by atoms with Gasteiger partial charge in [-0.25, -0.2) is 13.1 Å². The molecule has 0 spiro atoms. The summed E-state index contributed by atoms with van der Waals surface area (Å²) in [6.07, 6.45) is 2.33. The minimum absolute atomic E-state index is 0.125. The van der Waals surface area contributed by atoms with Crippen molar-refractivity contribution < 1.29 is 13.2 Å². The standard InChI is InChI=1S/C13H20N2O3S/c1-18-13-6-2-11(3-7-13)10-15-19(16,17)9-8-14-12-4-5-12/h2-3,6-7,12,14-15H,4-5,8-10H2,1H3. The number of sulfonamides is 1. The number of nitrogens with one attached hydrogen (secondary N) is 2. The molecule has 1 aromatic carbocycles. The van der Waals surface area contributed by atoms with Gasteiger partial charge in [-0.05, 0) is 30.5 Å². The van der Waals surface area contributed by atoms with E-state index in [1.807, 2.05) is 24.3 Å². The average molecular weight is 284 g/mol. The quantitative estimate of drug-likeness (QED) is 0.743. The van der Waals surface area contributed by atoms with E-state index in [2.05, 4.69) is 10.0 Å². The smallest absolute Gasteiger partial charge is 0.213 e. The summed E-state index contributed by atoms with van der Waals surface area (Å²) in [7, 11) is -1.61. The first-order chi connectivity index (χ1) is 9.09. The molecule has 1 saturated carbocycles. The summed E-state index contributed by atoms with van der Waals surface area (Å²) in [6, 6.07) is 7.88. The van der Waals surface area contributed by atoms with Gasteiger partial charge in [-0.2, -0.15) is 0 Å². The van der Waals surface area contributed by atoms with E-state index in [1.165, 1.54) is 12.8 Å². The molecular weight excluding hydrogens is 264 g/mol. The van der Waals surface area contributed by atoms with E-state index in [4.69, 9.17) is 4.74 Å². The van der Waals surface area contributed by atoms with Gasteiger partial charge in [0.05, 0.1) is 12.9 Å². The summed E-state index contributed by atoms with van der Waals surface area (Å²) in [4.78, 5) is 0. The highest BCUT2D eigenvalue weighted by atomic mass is 32.2. The van der Waals surface area contributed by atoms with Crippen molar-refractivity contribution in [1.82, 2.24) is 10.0 Å². The Bertz CT molecular complexity index is 495. The molecule has 0 aliphatic heterocycles. The van der Waals surface area contributed by atoms with E-state index in [9.17, 15) is 8.42 Å². The van der Waals surface area contributed by atoms with Gasteiger partial charge in [-0.15, -0.1) is 0 Å². The second kappa shape index (κ2) is 6.36. The average Bonchev–Trinajstić information content (AvgIpc) is 3.21. The Morgan fingerprint density at radius 3 is 2.53 bits per heavy atom. The summed E-state index contributed by atoms with van der Waals surface area (Å²) in [6.45, 7) is 0.832. The Hall–Kier alpha value is -1.11. The Labute approximate surface area is 114 Å². The molecule has 0 bridgehead atoms. The lowest BCUT2D eigenvalue weighted by Crippen LogP contribution is -2.32. The fourth-order valence-corrected chi connectivity index (χ4v) is 2.61. The van der Waals surface area contributed by atoms with Crippen molar-refractivity contribution in [1.29, 1.82) is 0 Å². The molecule has 6 heteroatoms. The lowest BCUT2D eigenvalue weighted by Gasteiger charge is -2.08.